The van der Waals surface area contributed by atoms with Gasteiger partial charge in [-0.1, -0.05) is 36.6 Å². The molecule has 1 aromatic carbocycles. The highest BCUT2D eigenvalue weighted by atomic mass is 35.5. The van der Waals surface area contributed by atoms with Crippen LogP contribution in [-0.4, -0.2) is 43.9 Å². The summed E-state index contributed by atoms with van der Waals surface area (Å²) < 4.78 is 28.6. The van der Waals surface area contributed by atoms with Gasteiger partial charge in [0.1, 0.15) is 0 Å². The SMILES string of the molecule is C[C@]1(NC(=O)COC(=O)C2(c3ccc(Cl)cc3)CCCC2)CCS(=O)(=O)C1. The summed E-state index contributed by atoms with van der Waals surface area (Å²) in [5, 5.41) is 3.30. The van der Waals surface area contributed by atoms with Gasteiger partial charge in [-0.15, -0.1) is 0 Å². The highest BCUT2D eigenvalue weighted by Crippen LogP contribution is 2.42. The van der Waals surface area contributed by atoms with Gasteiger partial charge >= 0.3 is 5.97 Å². The number of amides is 1. The topological polar surface area (TPSA) is 89.5 Å². The van der Waals surface area contributed by atoms with Crippen LogP contribution < -0.4 is 5.32 Å². The predicted molar refractivity (Wildman–Crippen MR) is 102 cm³/mol. The minimum atomic E-state index is -3.13. The maximum Gasteiger partial charge on any atom is 0.317 e. The van der Waals surface area contributed by atoms with Crippen LogP contribution in [0.2, 0.25) is 5.02 Å². The molecule has 27 heavy (non-hydrogen) atoms. The molecular weight excluding hydrogens is 390 g/mol. The molecule has 6 nitrogen and oxygen atoms in total. The third-order valence-electron chi connectivity index (χ3n) is 5.52. The van der Waals surface area contributed by atoms with Crippen molar-refractivity contribution in [3.63, 3.8) is 0 Å². The summed E-state index contributed by atoms with van der Waals surface area (Å²) in [7, 11) is -3.13. The van der Waals surface area contributed by atoms with Crippen LogP contribution in [0, 0.1) is 0 Å². The molecule has 1 atom stereocenters. The van der Waals surface area contributed by atoms with Crippen molar-refractivity contribution in [2.45, 2.75) is 50.0 Å². The van der Waals surface area contributed by atoms with Crippen LogP contribution in [0.5, 0.6) is 0 Å². The van der Waals surface area contributed by atoms with E-state index in [0.29, 0.717) is 24.3 Å². The molecule has 0 aromatic heterocycles. The molecule has 0 spiro atoms. The van der Waals surface area contributed by atoms with Crippen molar-refractivity contribution in [1.29, 1.82) is 0 Å². The predicted octanol–water partition coefficient (Wildman–Crippen LogP) is 2.39. The highest BCUT2D eigenvalue weighted by Gasteiger charge is 2.45. The number of nitrogens with one attached hydrogen (secondary N) is 1. The number of hydrogen-bond donors (Lipinski definition) is 1. The Hall–Kier alpha value is -1.60. The number of benzene rings is 1. The van der Waals surface area contributed by atoms with E-state index in [1.54, 1.807) is 19.1 Å². The Morgan fingerprint density at radius 2 is 1.78 bits per heavy atom. The van der Waals surface area contributed by atoms with Crippen molar-refractivity contribution in [3.05, 3.63) is 34.9 Å². The van der Waals surface area contributed by atoms with Crippen molar-refractivity contribution in [3.8, 4) is 0 Å². The van der Waals surface area contributed by atoms with E-state index in [9.17, 15) is 18.0 Å². The summed E-state index contributed by atoms with van der Waals surface area (Å²) >= 11 is 5.95. The molecule has 1 aromatic rings. The van der Waals surface area contributed by atoms with Gasteiger partial charge < -0.3 is 10.1 Å². The average molecular weight is 414 g/mol. The van der Waals surface area contributed by atoms with Gasteiger partial charge in [0.2, 0.25) is 0 Å². The number of carbonyl (C=O) groups excluding carboxylic acids is 2. The molecule has 0 bridgehead atoms. The zero-order valence-corrected chi connectivity index (χ0v) is 16.9. The zero-order chi connectivity index (χ0) is 19.7. The summed E-state index contributed by atoms with van der Waals surface area (Å²) in [5.41, 5.74) is -0.696. The van der Waals surface area contributed by atoms with Crippen molar-refractivity contribution in [1.82, 2.24) is 5.32 Å². The molecule has 0 radical (unpaired) electrons. The fourth-order valence-corrected chi connectivity index (χ4v) is 6.33. The Bertz CT molecular complexity index is 830. The van der Waals surface area contributed by atoms with Gasteiger partial charge in [-0.2, -0.15) is 0 Å². The first-order valence-corrected chi connectivity index (χ1v) is 11.3. The molecule has 8 heteroatoms. The Morgan fingerprint density at radius 1 is 1.15 bits per heavy atom. The van der Waals surface area contributed by atoms with E-state index in [2.05, 4.69) is 5.32 Å². The second kappa shape index (κ2) is 7.43. The van der Waals surface area contributed by atoms with Crippen LogP contribution in [0.4, 0.5) is 0 Å². The summed E-state index contributed by atoms with van der Waals surface area (Å²) in [6, 6.07) is 7.16. The average Bonchev–Trinajstić information content (AvgIpc) is 3.19. The van der Waals surface area contributed by atoms with Gasteiger partial charge in [-0.3, -0.25) is 9.59 Å². The molecule has 148 valence electrons. The van der Waals surface area contributed by atoms with Crippen molar-refractivity contribution >= 4 is 33.3 Å². The molecule has 1 heterocycles. The highest BCUT2D eigenvalue weighted by molar-refractivity contribution is 7.91. The Morgan fingerprint density at radius 3 is 2.33 bits per heavy atom. The number of hydrogen-bond acceptors (Lipinski definition) is 5. The number of halogens is 1. The van der Waals surface area contributed by atoms with Gasteiger partial charge in [-0.25, -0.2) is 8.42 Å². The van der Waals surface area contributed by atoms with Crippen molar-refractivity contribution in [2.24, 2.45) is 0 Å². The smallest absolute Gasteiger partial charge is 0.317 e. The summed E-state index contributed by atoms with van der Waals surface area (Å²) in [5.74, 6) is -0.925. The zero-order valence-electron chi connectivity index (χ0n) is 15.3. The van der Waals surface area contributed by atoms with Gasteiger partial charge in [-0.05, 0) is 43.9 Å². The van der Waals surface area contributed by atoms with Gasteiger partial charge in [0, 0.05) is 5.02 Å². The van der Waals surface area contributed by atoms with Crippen molar-refractivity contribution < 1.29 is 22.7 Å². The minimum Gasteiger partial charge on any atom is -0.455 e. The molecule has 1 amide bonds. The molecule has 0 unspecified atom stereocenters. The van der Waals surface area contributed by atoms with Crippen LogP contribution in [0.1, 0.15) is 44.6 Å². The Kier molecular flexibility index (Phi) is 5.54. The van der Waals surface area contributed by atoms with E-state index >= 15 is 0 Å². The lowest BCUT2D eigenvalue weighted by Crippen LogP contribution is -2.49. The first-order chi connectivity index (χ1) is 12.6. The molecule has 1 aliphatic carbocycles. The Balaban J connectivity index is 1.63. The van der Waals surface area contributed by atoms with Crippen LogP contribution >= 0.6 is 11.6 Å². The summed E-state index contributed by atoms with van der Waals surface area (Å²) in [4.78, 5) is 25.1. The molecular formula is C19H24ClNO5S. The van der Waals surface area contributed by atoms with Gasteiger partial charge in [0.25, 0.3) is 5.91 Å². The fourth-order valence-electron chi connectivity index (χ4n) is 4.11. The number of esters is 1. The molecule has 2 aliphatic rings. The van der Waals surface area contributed by atoms with Crippen LogP contribution in [0.3, 0.4) is 0 Å². The Labute approximate surface area is 164 Å². The van der Waals surface area contributed by atoms with E-state index < -0.39 is 39.3 Å². The molecule has 1 saturated heterocycles. The number of carbonyl (C=O) groups is 2. The number of ether oxygens (including phenoxy) is 1. The lowest BCUT2D eigenvalue weighted by molar-refractivity contribution is -0.154. The van der Waals surface area contributed by atoms with E-state index in [1.165, 1.54) is 0 Å². The normalized spacial score (nSPS) is 25.9. The monoisotopic (exact) mass is 413 g/mol. The van der Waals surface area contributed by atoms with Crippen LogP contribution in [0.15, 0.2) is 24.3 Å². The minimum absolute atomic E-state index is 0.0588. The van der Waals surface area contributed by atoms with Crippen molar-refractivity contribution in [2.75, 3.05) is 18.1 Å². The standard InChI is InChI=1S/C19H24ClNO5S/c1-18(10-11-27(24,25)13-18)21-16(22)12-26-17(23)19(8-2-3-9-19)14-4-6-15(20)7-5-14/h4-7H,2-3,8-13H2,1H3,(H,21,22)/t18-/m0/s1. The summed E-state index contributed by atoms with van der Waals surface area (Å²) in [6.45, 7) is 1.28. The van der Waals surface area contributed by atoms with E-state index in [-0.39, 0.29) is 11.5 Å². The molecule has 1 N–H and O–H groups in total. The second-order valence-electron chi connectivity index (χ2n) is 7.82. The lowest BCUT2D eigenvalue weighted by Gasteiger charge is -2.28. The van der Waals surface area contributed by atoms with Crippen LogP contribution in [-0.2, 0) is 29.6 Å². The quantitative estimate of drug-likeness (QED) is 0.748. The first kappa shape index (κ1) is 20.1. The van der Waals surface area contributed by atoms with E-state index in [0.717, 1.165) is 18.4 Å². The lowest BCUT2D eigenvalue weighted by atomic mass is 9.79. The molecule has 1 saturated carbocycles. The van der Waals surface area contributed by atoms with E-state index in [4.69, 9.17) is 16.3 Å². The number of sulfone groups is 1. The fraction of sp³-hybridized carbons (Fsp3) is 0.579. The second-order valence-corrected chi connectivity index (χ2v) is 10.4. The largest absolute Gasteiger partial charge is 0.455 e. The maximum atomic E-state index is 12.8. The maximum absolute atomic E-state index is 12.8. The third-order valence-corrected chi connectivity index (χ3v) is 7.68. The molecule has 1 aliphatic heterocycles. The van der Waals surface area contributed by atoms with Crippen LogP contribution in [0.25, 0.3) is 0 Å². The molecule has 2 fully saturated rings. The first-order valence-electron chi connectivity index (χ1n) is 9.09. The third kappa shape index (κ3) is 4.46. The number of rotatable bonds is 5. The van der Waals surface area contributed by atoms with Gasteiger partial charge in [0.15, 0.2) is 16.4 Å². The van der Waals surface area contributed by atoms with E-state index in [1.807, 2.05) is 12.1 Å². The summed E-state index contributed by atoms with van der Waals surface area (Å²) in [6.07, 6.45) is 3.54. The van der Waals surface area contributed by atoms with Gasteiger partial charge in [0.05, 0.1) is 22.5 Å². The molecule has 3 rings (SSSR count).